The van der Waals surface area contributed by atoms with Gasteiger partial charge in [-0.05, 0) is 12.5 Å². The van der Waals surface area contributed by atoms with Gasteiger partial charge in [-0.1, -0.05) is 13.3 Å². The molecule has 0 amide bonds. The van der Waals surface area contributed by atoms with Crippen LogP contribution in [0.4, 0.5) is 14.5 Å². The van der Waals surface area contributed by atoms with Crippen LogP contribution in [-0.4, -0.2) is 16.8 Å². The molecule has 3 nitrogen and oxygen atoms in total. The fourth-order valence-electron chi connectivity index (χ4n) is 1.97. The van der Waals surface area contributed by atoms with E-state index in [-0.39, 0.29) is 16.8 Å². The van der Waals surface area contributed by atoms with Crippen LogP contribution in [0.2, 0.25) is 0 Å². The lowest BCUT2D eigenvalue weighted by Gasteiger charge is -2.04. The first kappa shape index (κ1) is 11.7. The molecule has 0 aliphatic carbocycles. The minimum absolute atomic E-state index is 0.147. The van der Waals surface area contributed by atoms with Crippen LogP contribution in [0.15, 0.2) is 11.1 Å². The third-order valence-corrected chi connectivity index (χ3v) is 2.72. The van der Waals surface area contributed by atoms with E-state index in [9.17, 15) is 13.6 Å². The van der Waals surface area contributed by atoms with Gasteiger partial charge in [0.05, 0.1) is 5.56 Å². The van der Waals surface area contributed by atoms with E-state index in [0.29, 0.717) is 18.6 Å². The van der Waals surface area contributed by atoms with Crippen LogP contribution in [-0.2, 0) is 6.42 Å². The van der Waals surface area contributed by atoms with Gasteiger partial charge in [0.25, 0.3) is 0 Å². The van der Waals surface area contributed by atoms with E-state index in [4.69, 9.17) is 5.11 Å². The molecule has 0 fully saturated rings. The zero-order valence-electron chi connectivity index (χ0n) is 9.26. The van der Waals surface area contributed by atoms with E-state index >= 15 is 0 Å². The lowest BCUT2D eigenvalue weighted by molar-refractivity contribution is 0.0695. The summed E-state index contributed by atoms with van der Waals surface area (Å²) in [5.74, 6) is -3.48. The quantitative estimate of drug-likeness (QED) is 0.881. The fourth-order valence-corrected chi connectivity index (χ4v) is 1.97. The average Bonchev–Trinajstić information content (AvgIpc) is 2.67. The Hall–Kier alpha value is -1.78. The van der Waals surface area contributed by atoms with Crippen molar-refractivity contribution in [3.05, 3.63) is 28.8 Å². The van der Waals surface area contributed by atoms with Gasteiger partial charge in [0.15, 0.2) is 11.6 Å². The standard InChI is InChI=1S/C12H11F2NO2/c1-2-3-6-4-7-8(12(16)17)5-9(13)10(14)11(7)15-6/h5H,2-4H2,1H3,(H,16,17). The molecule has 0 radical (unpaired) electrons. The summed E-state index contributed by atoms with van der Waals surface area (Å²) in [6.07, 6.45) is 1.79. The van der Waals surface area contributed by atoms with Crippen molar-refractivity contribution in [2.75, 3.05) is 0 Å². The van der Waals surface area contributed by atoms with Gasteiger partial charge < -0.3 is 5.11 Å². The lowest BCUT2D eigenvalue weighted by Crippen LogP contribution is -2.06. The Morgan fingerprint density at radius 3 is 2.82 bits per heavy atom. The molecular weight excluding hydrogens is 228 g/mol. The molecule has 0 atom stereocenters. The van der Waals surface area contributed by atoms with Gasteiger partial charge in [0.2, 0.25) is 0 Å². The number of nitrogens with zero attached hydrogens (tertiary/aromatic N) is 1. The van der Waals surface area contributed by atoms with Crippen molar-refractivity contribution < 1.29 is 18.7 Å². The Balaban J connectivity index is 2.54. The molecule has 0 saturated carbocycles. The number of carboxylic acid groups (broad SMARTS) is 1. The SMILES string of the molecule is CCCC1=Nc2c(F)c(F)cc(C(=O)O)c2C1. The van der Waals surface area contributed by atoms with Gasteiger partial charge in [-0.25, -0.2) is 13.6 Å². The van der Waals surface area contributed by atoms with E-state index in [0.717, 1.165) is 12.5 Å². The number of rotatable bonds is 3. The molecule has 2 rings (SSSR count). The first-order chi connectivity index (χ1) is 8.04. The Morgan fingerprint density at radius 1 is 1.53 bits per heavy atom. The predicted molar refractivity (Wildman–Crippen MR) is 59.0 cm³/mol. The van der Waals surface area contributed by atoms with Gasteiger partial charge in [-0.3, -0.25) is 4.99 Å². The van der Waals surface area contributed by atoms with E-state index in [1.807, 2.05) is 6.92 Å². The molecule has 0 spiro atoms. The molecule has 0 unspecified atom stereocenters. The molecule has 1 heterocycles. The number of benzene rings is 1. The summed E-state index contributed by atoms with van der Waals surface area (Å²) in [5.41, 5.74) is 0.633. The normalized spacial score (nSPS) is 13.5. The highest BCUT2D eigenvalue weighted by molar-refractivity contribution is 6.00. The smallest absolute Gasteiger partial charge is 0.336 e. The van der Waals surface area contributed by atoms with Gasteiger partial charge in [0.1, 0.15) is 5.69 Å². The Morgan fingerprint density at radius 2 is 2.24 bits per heavy atom. The summed E-state index contributed by atoms with van der Waals surface area (Å²) in [6.45, 7) is 1.94. The second kappa shape index (κ2) is 4.24. The number of fused-ring (bicyclic) bond motifs is 1. The Bertz CT molecular complexity index is 524. The highest BCUT2D eigenvalue weighted by atomic mass is 19.2. The summed E-state index contributed by atoms with van der Waals surface area (Å²) in [6, 6.07) is 0.723. The molecule has 0 saturated heterocycles. The minimum Gasteiger partial charge on any atom is -0.478 e. The zero-order valence-corrected chi connectivity index (χ0v) is 9.26. The first-order valence-corrected chi connectivity index (χ1v) is 5.35. The summed E-state index contributed by atoms with van der Waals surface area (Å²) < 4.78 is 26.7. The predicted octanol–water partition coefficient (Wildman–Crippen LogP) is 3.09. The Labute approximate surface area is 96.8 Å². The van der Waals surface area contributed by atoms with Gasteiger partial charge in [-0.2, -0.15) is 0 Å². The maximum absolute atomic E-state index is 13.5. The molecular formula is C12H11F2NO2. The number of aliphatic imine (C=N–C) groups is 1. The van der Waals surface area contributed by atoms with E-state index in [2.05, 4.69) is 4.99 Å². The van der Waals surface area contributed by atoms with Gasteiger partial charge >= 0.3 is 5.97 Å². The van der Waals surface area contributed by atoms with Crippen LogP contribution >= 0.6 is 0 Å². The molecule has 0 bridgehead atoms. The molecule has 1 aliphatic rings. The number of aromatic carboxylic acids is 1. The lowest BCUT2D eigenvalue weighted by atomic mass is 10.0. The molecule has 90 valence electrons. The van der Waals surface area contributed by atoms with E-state index in [1.54, 1.807) is 0 Å². The van der Waals surface area contributed by atoms with Crippen molar-refractivity contribution in [1.29, 1.82) is 0 Å². The van der Waals surface area contributed by atoms with Crippen molar-refractivity contribution >= 4 is 17.4 Å². The third kappa shape index (κ3) is 1.92. The average molecular weight is 239 g/mol. The maximum Gasteiger partial charge on any atom is 0.336 e. The molecule has 1 aliphatic heterocycles. The topological polar surface area (TPSA) is 49.7 Å². The maximum atomic E-state index is 13.5. The molecule has 0 aromatic heterocycles. The van der Waals surface area contributed by atoms with Crippen molar-refractivity contribution in [2.24, 2.45) is 4.99 Å². The van der Waals surface area contributed by atoms with Crippen LogP contribution in [0.1, 0.15) is 35.7 Å². The molecule has 1 N–H and O–H groups in total. The number of halogens is 2. The van der Waals surface area contributed by atoms with E-state index < -0.39 is 17.6 Å². The van der Waals surface area contributed by atoms with Crippen molar-refractivity contribution in [3.8, 4) is 0 Å². The van der Waals surface area contributed by atoms with Crippen LogP contribution < -0.4 is 0 Å². The summed E-state index contributed by atoms with van der Waals surface area (Å²) in [7, 11) is 0. The molecule has 1 aromatic carbocycles. The minimum atomic E-state index is -1.26. The number of hydrogen-bond donors (Lipinski definition) is 1. The summed E-state index contributed by atoms with van der Waals surface area (Å²) >= 11 is 0. The van der Waals surface area contributed by atoms with E-state index in [1.165, 1.54) is 0 Å². The Kier molecular flexibility index (Phi) is 2.92. The van der Waals surface area contributed by atoms with Crippen molar-refractivity contribution in [3.63, 3.8) is 0 Å². The molecule has 5 heteroatoms. The second-order valence-corrected chi connectivity index (χ2v) is 3.96. The number of carboxylic acids is 1. The number of carbonyl (C=O) groups is 1. The van der Waals surface area contributed by atoms with Gasteiger partial charge in [-0.15, -0.1) is 0 Å². The third-order valence-electron chi connectivity index (χ3n) is 2.72. The van der Waals surface area contributed by atoms with Gasteiger partial charge in [0, 0.05) is 17.7 Å². The monoisotopic (exact) mass is 239 g/mol. The van der Waals surface area contributed by atoms with Crippen LogP contribution in [0.25, 0.3) is 0 Å². The second-order valence-electron chi connectivity index (χ2n) is 3.96. The fraction of sp³-hybridized carbons (Fsp3) is 0.333. The van der Waals surface area contributed by atoms with Crippen molar-refractivity contribution in [2.45, 2.75) is 26.2 Å². The van der Waals surface area contributed by atoms with Crippen LogP contribution in [0.5, 0.6) is 0 Å². The van der Waals surface area contributed by atoms with Crippen molar-refractivity contribution in [1.82, 2.24) is 0 Å². The highest BCUT2D eigenvalue weighted by Gasteiger charge is 2.26. The number of hydrogen-bond acceptors (Lipinski definition) is 2. The van der Waals surface area contributed by atoms with Crippen LogP contribution in [0, 0.1) is 11.6 Å². The largest absolute Gasteiger partial charge is 0.478 e. The summed E-state index contributed by atoms with van der Waals surface area (Å²) in [4.78, 5) is 14.9. The first-order valence-electron chi connectivity index (χ1n) is 5.35. The summed E-state index contributed by atoms with van der Waals surface area (Å²) in [5, 5.41) is 8.94. The molecule has 1 aromatic rings. The zero-order chi connectivity index (χ0) is 12.6. The highest BCUT2D eigenvalue weighted by Crippen LogP contribution is 2.35. The van der Waals surface area contributed by atoms with Crippen LogP contribution in [0.3, 0.4) is 0 Å². The molecule has 17 heavy (non-hydrogen) atoms.